The minimum absolute atomic E-state index is 0.222. The van der Waals surface area contributed by atoms with Crippen molar-refractivity contribution in [1.82, 2.24) is 4.98 Å². The standard InChI is InChI=1S/C11H15NO3/c13-10(11-8-14-5-6-15-11)7-9-3-1-2-4-12-9/h1-4,10-11,13H,5-8H2. The molecule has 0 radical (unpaired) electrons. The molecule has 1 aliphatic heterocycles. The molecular weight excluding hydrogens is 194 g/mol. The third-order valence-corrected chi connectivity index (χ3v) is 2.42. The van der Waals surface area contributed by atoms with Gasteiger partial charge in [-0.25, -0.2) is 0 Å². The lowest BCUT2D eigenvalue weighted by atomic mass is 10.1. The van der Waals surface area contributed by atoms with Gasteiger partial charge in [0.1, 0.15) is 6.10 Å². The summed E-state index contributed by atoms with van der Waals surface area (Å²) in [7, 11) is 0. The molecule has 1 aliphatic rings. The highest BCUT2D eigenvalue weighted by Crippen LogP contribution is 2.10. The highest BCUT2D eigenvalue weighted by molar-refractivity contribution is 5.05. The van der Waals surface area contributed by atoms with E-state index in [1.54, 1.807) is 6.20 Å². The summed E-state index contributed by atoms with van der Waals surface area (Å²) in [5.41, 5.74) is 0.874. The Bertz CT molecular complexity index is 285. The fourth-order valence-corrected chi connectivity index (χ4v) is 1.59. The number of rotatable bonds is 3. The predicted molar refractivity (Wildman–Crippen MR) is 54.5 cm³/mol. The van der Waals surface area contributed by atoms with Crippen LogP contribution in [0, 0.1) is 0 Å². The Balaban J connectivity index is 1.88. The van der Waals surface area contributed by atoms with Crippen molar-refractivity contribution in [1.29, 1.82) is 0 Å². The summed E-state index contributed by atoms with van der Waals surface area (Å²) >= 11 is 0. The Labute approximate surface area is 88.9 Å². The van der Waals surface area contributed by atoms with Crippen molar-refractivity contribution in [2.45, 2.75) is 18.6 Å². The molecule has 2 atom stereocenters. The van der Waals surface area contributed by atoms with Crippen molar-refractivity contribution in [2.24, 2.45) is 0 Å². The normalized spacial score (nSPS) is 23.7. The van der Waals surface area contributed by atoms with E-state index in [9.17, 15) is 5.11 Å². The van der Waals surface area contributed by atoms with Crippen LogP contribution >= 0.6 is 0 Å². The molecule has 1 saturated heterocycles. The molecule has 0 bridgehead atoms. The molecule has 0 aromatic carbocycles. The number of ether oxygens (including phenoxy) is 2. The SMILES string of the molecule is OC(Cc1ccccn1)C1COCCO1. The van der Waals surface area contributed by atoms with E-state index in [-0.39, 0.29) is 6.10 Å². The number of hydrogen-bond donors (Lipinski definition) is 1. The number of aliphatic hydroxyl groups is 1. The first-order valence-electron chi connectivity index (χ1n) is 5.13. The van der Waals surface area contributed by atoms with Gasteiger partial charge in [-0.2, -0.15) is 0 Å². The summed E-state index contributed by atoms with van der Waals surface area (Å²) in [4.78, 5) is 4.16. The molecule has 2 rings (SSSR count). The predicted octanol–water partition coefficient (Wildman–Crippen LogP) is 0.400. The maximum absolute atomic E-state index is 9.88. The number of aliphatic hydroxyl groups excluding tert-OH is 1. The monoisotopic (exact) mass is 209 g/mol. The van der Waals surface area contributed by atoms with E-state index in [1.807, 2.05) is 18.2 Å². The van der Waals surface area contributed by atoms with E-state index in [2.05, 4.69) is 4.98 Å². The zero-order valence-corrected chi connectivity index (χ0v) is 8.50. The second-order valence-electron chi connectivity index (χ2n) is 3.58. The number of hydrogen-bond acceptors (Lipinski definition) is 4. The summed E-state index contributed by atoms with van der Waals surface area (Å²) < 4.78 is 10.6. The Hall–Kier alpha value is -0.970. The molecule has 2 heterocycles. The van der Waals surface area contributed by atoms with E-state index in [4.69, 9.17) is 9.47 Å². The molecule has 1 fully saturated rings. The minimum Gasteiger partial charge on any atom is -0.390 e. The van der Waals surface area contributed by atoms with Gasteiger partial charge in [-0.05, 0) is 12.1 Å². The molecule has 2 unspecified atom stereocenters. The second kappa shape index (κ2) is 5.21. The van der Waals surface area contributed by atoms with Gasteiger partial charge in [0.15, 0.2) is 0 Å². The largest absolute Gasteiger partial charge is 0.390 e. The lowest BCUT2D eigenvalue weighted by Gasteiger charge is -2.26. The first kappa shape index (κ1) is 10.5. The molecule has 4 nitrogen and oxygen atoms in total. The maximum Gasteiger partial charge on any atom is 0.107 e. The van der Waals surface area contributed by atoms with Crippen LogP contribution in [0.2, 0.25) is 0 Å². The number of nitrogens with zero attached hydrogens (tertiary/aromatic N) is 1. The van der Waals surface area contributed by atoms with Crippen molar-refractivity contribution in [3.05, 3.63) is 30.1 Å². The molecule has 0 amide bonds. The highest BCUT2D eigenvalue weighted by atomic mass is 16.6. The van der Waals surface area contributed by atoms with Crippen LogP contribution in [0.3, 0.4) is 0 Å². The summed E-state index contributed by atoms with van der Waals surface area (Å²) in [6.07, 6.45) is 1.47. The van der Waals surface area contributed by atoms with Crippen molar-refractivity contribution >= 4 is 0 Å². The summed E-state index contributed by atoms with van der Waals surface area (Å²) in [6, 6.07) is 5.66. The fraction of sp³-hybridized carbons (Fsp3) is 0.545. The number of aromatic nitrogens is 1. The highest BCUT2D eigenvalue weighted by Gasteiger charge is 2.23. The van der Waals surface area contributed by atoms with Crippen LogP contribution in [0.5, 0.6) is 0 Å². The Morgan fingerprint density at radius 3 is 3.07 bits per heavy atom. The van der Waals surface area contributed by atoms with E-state index in [0.29, 0.717) is 26.2 Å². The Kier molecular flexibility index (Phi) is 3.66. The fourth-order valence-electron chi connectivity index (χ4n) is 1.59. The van der Waals surface area contributed by atoms with Gasteiger partial charge in [-0.1, -0.05) is 6.07 Å². The average Bonchev–Trinajstić information content (AvgIpc) is 2.31. The Morgan fingerprint density at radius 1 is 1.47 bits per heavy atom. The molecule has 0 spiro atoms. The summed E-state index contributed by atoms with van der Waals surface area (Å²) in [5.74, 6) is 0. The first-order chi connectivity index (χ1) is 7.36. The lowest BCUT2D eigenvalue weighted by Crippen LogP contribution is -2.39. The van der Waals surface area contributed by atoms with Crippen LogP contribution < -0.4 is 0 Å². The summed E-state index contributed by atoms with van der Waals surface area (Å²) in [6.45, 7) is 1.64. The van der Waals surface area contributed by atoms with Crippen molar-refractivity contribution in [3.8, 4) is 0 Å². The smallest absolute Gasteiger partial charge is 0.107 e. The van der Waals surface area contributed by atoms with Crippen molar-refractivity contribution in [3.63, 3.8) is 0 Å². The van der Waals surface area contributed by atoms with Crippen LogP contribution in [-0.2, 0) is 15.9 Å². The van der Waals surface area contributed by atoms with Crippen molar-refractivity contribution < 1.29 is 14.6 Å². The van der Waals surface area contributed by atoms with Crippen LogP contribution in [0.1, 0.15) is 5.69 Å². The molecule has 1 aromatic heterocycles. The molecule has 4 heteroatoms. The number of pyridine rings is 1. The van der Waals surface area contributed by atoms with Crippen LogP contribution in [0.15, 0.2) is 24.4 Å². The first-order valence-corrected chi connectivity index (χ1v) is 5.13. The van der Waals surface area contributed by atoms with Gasteiger partial charge in [-0.3, -0.25) is 4.98 Å². The van der Waals surface area contributed by atoms with Crippen LogP contribution in [0.4, 0.5) is 0 Å². The van der Waals surface area contributed by atoms with E-state index >= 15 is 0 Å². The topological polar surface area (TPSA) is 51.6 Å². The third-order valence-electron chi connectivity index (χ3n) is 2.42. The molecule has 82 valence electrons. The van der Waals surface area contributed by atoms with Crippen molar-refractivity contribution in [2.75, 3.05) is 19.8 Å². The van der Waals surface area contributed by atoms with Crippen LogP contribution in [-0.4, -0.2) is 42.1 Å². The van der Waals surface area contributed by atoms with Gasteiger partial charge in [0.2, 0.25) is 0 Å². The van der Waals surface area contributed by atoms with E-state index in [0.717, 1.165) is 5.69 Å². The molecular formula is C11H15NO3. The third kappa shape index (κ3) is 2.99. The minimum atomic E-state index is -0.541. The molecule has 1 N–H and O–H groups in total. The van der Waals surface area contributed by atoms with Gasteiger partial charge in [0, 0.05) is 18.3 Å². The zero-order chi connectivity index (χ0) is 10.5. The molecule has 0 saturated carbocycles. The molecule has 15 heavy (non-hydrogen) atoms. The van der Waals surface area contributed by atoms with Gasteiger partial charge in [0.25, 0.3) is 0 Å². The van der Waals surface area contributed by atoms with Gasteiger partial charge < -0.3 is 14.6 Å². The van der Waals surface area contributed by atoms with Gasteiger partial charge in [0.05, 0.1) is 25.9 Å². The summed E-state index contributed by atoms with van der Waals surface area (Å²) in [5, 5.41) is 9.88. The van der Waals surface area contributed by atoms with E-state index in [1.165, 1.54) is 0 Å². The maximum atomic E-state index is 9.88. The van der Waals surface area contributed by atoms with Gasteiger partial charge in [-0.15, -0.1) is 0 Å². The van der Waals surface area contributed by atoms with E-state index < -0.39 is 6.10 Å². The zero-order valence-electron chi connectivity index (χ0n) is 8.50. The molecule has 0 aliphatic carbocycles. The quantitative estimate of drug-likeness (QED) is 0.783. The average molecular weight is 209 g/mol. The second-order valence-corrected chi connectivity index (χ2v) is 3.58. The van der Waals surface area contributed by atoms with Gasteiger partial charge >= 0.3 is 0 Å². The van der Waals surface area contributed by atoms with Crippen LogP contribution in [0.25, 0.3) is 0 Å². The lowest BCUT2D eigenvalue weighted by molar-refractivity contribution is -0.131. The molecule has 1 aromatic rings. The Morgan fingerprint density at radius 2 is 2.40 bits per heavy atom.